The minimum atomic E-state index is 0.302. The number of hydrogen-bond donors (Lipinski definition) is 1. The van der Waals surface area contributed by atoms with Gasteiger partial charge in [-0.15, -0.1) is 0 Å². The van der Waals surface area contributed by atoms with Gasteiger partial charge in [0.05, 0.1) is 0 Å². The van der Waals surface area contributed by atoms with E-state index >= 15 is 0 Å². The van der Waals surface area contributed by atoms with E-state index in [1.807, 2.05) is 0 Å². The van der Waals surface area contributed by atoms with Crippen molar-refractivity contribution < 1.29 is 0 Å². The van der Waals surface area contributed by atoms with Crippen LogP contribution in [0.25, 0.3) is 0 Å². The lowest BCUT2D eigenvalue weighted by Gasteiger charge is -2.45. The molecule has 1 saturated heterocycles. The fourth-order valence-corrected chi connectivity index (χ4v) is 4.06. The van der Waals surface area contributed by atoms with Crippen molar-refractivity contribution in [3.8, 4) is 0 Å². The molecule has 2 heteroatoms. The van der Waals surface area contributed by atoms with Crippen molar-refractivity contribution in [2.24, 2.45) is 11.7 Å². The monoisotopic (exact) mass is 224 g/mol. The first kappa shape index (κ1) is 12.4. The van der Waals surface area contributed by atoms with Crippen molar-refractivity contribution in [2.45, 2.75) is 70.4 Å². The van der Waals surface area contributed by atoms with Crippen LogP contribution in [0.2, 0.25) is 0 Å². The Labute approximate surface area is 101 Å². The van der Waals surface area contributed by atoms with Gasteiger partial charge in [-0.2, -0.15) is 0 Å². The van der Waals surface area contributed by atoms with Gasteiger partial charge in [0.1, 0.15) is 0 Å². The van der Waals surface area contributed by atoms with Gasteiger partial charge in [-0.3, -0.25) is 4.90 Å². The van der Waals surface area contributed by atoms with Crippen LogP contribution in [0.3, 0.4) is 0 Å². The predicted octanol–water partition coefficient (Wildman–Crippen LogP) is 2.77. The third kappa shape index (κ3) is 1.91. The molecule has 0 bridgehead atoms. The van der Waals surface area contributed by atoms with Crippen LogP contribution in [0, 0.1) is 5.92 Å². The van der Waals surface area contributed by atoms with E-state index in [0.717, 1.165) is 18.5 Å². The highest BCUT2D eigenvalue weighted by atomic mass is 15.3. The van der Waals surface area contributed by atoms with Crippen LogP contribution in [0.1, 0.15) is 58.8 Å². The smallest absolute Gasteiger partial charge is 0.0329 e. The summed E-state index contributed by atoms with van der Waals surface area (Å²) in [5, 5.41) is 0. The van der Waals surface area contributed by atoms with Crippen molar-refractivity contribution in [2.75, 3.05) is 13.1 Å². The van der Waals surface area contributed by atoms with Crippen molar-refractivity contribution >= 4 is 0 Å². The van der Waals surface area contributed by atoms with Crippen LogP contribution < -0.4 is 5.73 Å². The maximum Gasteiger partial charge on any atom is 0.0329 e. The molecule has 0 radical (unpaired) electrons. The molecule has 94 valence electrons. The van der Waals surface area contributed by atoms with Crippen LogP contribution in [0.15, 0.2) is 0 Å². The number of hydrogen-bond acceptors (Lipinski definition) is 2. The molecule has 2 unspecified atom stereocenters. The average Bonchev–Trinajstić information content (AvgIpc) is 2.77. The maximum atomic E-state index is 6.09. The molecule has 1 aliphatic carbocycles. The number of fused-ring (bicyclic) bond motifs is 1. The third-order valence-corrected chi connectivity index (χ3v) is 5.32. The lowest BCUT2D eigenvalue weighted by atomic mass is 9.82. The molecule has 2 aliphatic rings. The van der Waals surface area contributed by atoms with Gasteiger partial charge >= 0.3 is 0 Å². The molecule has 0 spiro atoms. The normalized spacial score (nSPS) is 31.7. The van der Waals surface area contributed by atoms with Crippen molar-refractivity contribution in [3.63, 3.8) is 0 Å². The van der Waals surface area contributed by atoms with E-state index in [4.69, 9.17) is 5.73 Å². The zero-order valence-corrected chi connectivity index (χ0v) is 11.0. The Morgan fingerprint density at radius 2 is 1.81 bits per heavy atom. The summed E-state index contributed by atoms with van der Waals surface area (Å²) < 4.78 is 0. The molecular weight excluding hydrogens is 196 g/mol. The summed E-state index contributed by atoms with van der Waals surface area (Å²) >= 11 is 0. The van der Waals surface area contributed by atoms with Crippen LogP contribution >= 0.6 is 0 Å². The number of rotatable bonds is 4. The largest absolute Gasteiger partial charge is 0.329 e. The van der Waals surface area contributed by atoms with Crippen LogP contribution in [0.4, 0.5) is 0 Å². The zero-order chi connectivity index (χ0) is 11.6. The summed E-state index contributed by atoms with van der Waals surface area (Å²) in [6, 6.07) is 0.859. The molecule has 1 saturated carbocycles. The summed E-state index contributed by atoms with van der Waals surface area (Å²) in [6.45, 7) is 6.76. The van der Waals surface area contributed by atoms with Crippen LogP contribution in [-0.2, 0) is 0 Å². The van der Waals surface area contributed by atoms with E-state index in [9.17, 15) is 0 Å². The molecule has 16 heavy (non-hydrogen) atoms. The zero-order valence-electron chi connectivity index (χ0n) is 11.0. The van der Waals surface area contributed by atoms with Gasteiger partial charge in [0, 0.05) is 18.1 Å². The summed E-state index contributed by atoms with van der Waals surface area (Å²) in [7, 11) is 0. The second-order valence-corrected chi connectivity index (χ2v) is 5.73. The first-order chi connectivity index (χ1) is 7.77. The standard InChI is InChI=1S/C14H28N2/c1-3-14(4-2,11-15)16-10-9-12-7-5-6-8-13(12)16/h12-13H,3-11,15H2,1-2H3. The Hall–Kier alpha value is -0.0800. The van der Waals surface area contributed by atoms with Crippen molar-refractivity contribution in [3.05, 3.63) is 0 Å². The molecular formula is C14H28N2. The molecule has 0 aromatic rings. The van der Waals surface area contributed by atoms with E-state index in [-0.39, 0.29) is 0 Å². The summed E-state index contributed by atoms with van der Waals surface area (Å²) in [6.07, 6.45) is 9.63. The van der Waals surface area contributed by atoms with Crippen molar-refractivity contribution in [1.29, 1.82) is 0 Å². The highest BCUT2D eigenvalue weighted by Crippen LogP contribution is 2.41. The average molecular weight is 224 g/mol. The lowest BCUT2D eigenvalue weighted by molar-refractivity contribution is 0.0478. The summed E-state index contributed by atoms with van der Waals surface area (Å²) in [5.41, 5.74) is 6.39. The van der Waals surface area contributed by atoms with E-state index in [0.29, 0.717) is 5.54 Å². The second-order valence-electron chi connectivity index (χ2n) is 5.73. The topological polar surface area (TPSA) is 29.3 Å². The van der Waals surface area contributed by atoms with Crippen LogP contribution in [0.5, 0.6) is 0 Å². The fourth-order valence-electron chi connectivity index (χ4n) is 4.06. The van der Waals surface area contributed by atoms with Gasteiger partial charge in [-0.1, -0.05) is 26.7 Å². The molecule has 0 aromatic carbocycles. The Morgan fingerprint density at radius 3 is 2.44 bits per heavy atom. The first-order valence-corrected chi connectivity index (χ1v) is 7.24. The predicted molar refractivity (Wildman–Crippen MR) is 69.4 cm³/mol. The van der Waals surface area contributed by atoms with Gasteiger partial charge < -0.3 is 5.73 Å². The molecule has 2 N–H and O–H groups in total. The van der Waals surface area contributed by atoms with Crippen LogP contribution in [-0.4, -0.2) is 29.6 Å². The van der Waals surface area contributed by atoms with Gasteiger partial charge in [0.2, 0.25) is 0 Å². The van der Waals surface area contributed by atoms with Gasteiger partial charge in [0.15, 0.2) is 0 Å². The molecule has 1 heterocycles. The summed E-state index contributed by atoms with van der Waals surface area (Å²) in [4.78, 5) is 2.79. The quantitative estimate of drug-likeness (QED) is 0.795. The molecule has 2 rings (SSSR count). The highest BCUT2D eigenvalue weighted by Gasteiger charge is 2.44. The Balaban J connectivity index is 2.13. The Bertz CT molecular complexity index is 215. The SMILES string of the molecule is CCC(CC)(CN)N1CCC2CCCCC21. The Morgan fingerprint density at radius 1 is 1.12 bits per heavy atom. The van der Waals surface area contributed by atoms with Gasteiger partial charge in [0.25, 0.3) is 0 Å². The fraction of sp³-hybridized carbons (Fsp3) is 1.00. The molecule has 1 aliphatic heterocycles. The van der Waals surface area contributed by atoms with E-state index in [2.05, 4.69) is 18.7 Å². The van der Waals surface area contributed by atoms with Crippen molar-refractivity contribution in [1.82, 2.24) is 4.90 Å². The number of likely N-dealkylation sites (tertiary alicyclic amines) is 1. The molecule has 0 aromatic heterocycles. The number of nitrogens with zero attached hydrogens (tertiary/aromatic N) is 1. The Kier molecular flexibility index (Phi) is 3.91. The van der Waals surface area contributed by atoms with Gasteiger partial charge in [-0.05, 0) is 44.6 Å². The van der Waals surface area contributed by atoms with E-state index in [1.165, 1.54) is 51.5 Å². The molecule has 2 fully saturated rings. The minimum absolute atomic E-state index is 0.302. The second kappa shape index (κ2) is 5.05. The van der Waals surface area contributed by atoms with E-state index < -0.39 is 0 Å². The third-order valence-electron chi connectivity index (χ3n) is 5.32. The molecule has 2 nitrogen and oxygen atoms in total. The van der Waals surface area contributed by atoms with E-state index in [1.54, 1.807) is 0 Å². The minimum Gasteiger partial charge on any atom is -0.329 e. The summed E-state index contributed by atoms with van der Waals surface area (Å²) in [5.74, 6) is 0.984. The first-order valence-electron chi connectivity index (χ1n) is 7.24. The molecule has 2 atom stereocenters. The molecule has 0 amide bonds. The lowest BCUT2D eigenvalue weighted by Crippen LogP contribution is -2.56. The highest BCUT2D eigenvalue weighted by molar-refractivity contribution is 5.00. The maximum absolute atomic E-state index is 6.09. The van der Waals surface area contributed by atoms with Gasteiger partial charge in [-0.25, -0.2) is 0 Å². The number of nitrogens with two attached hydrogens (primary N) is 1.